The molecule has 0 unspecified atom stereocenters. The van der Waals surface area contributed by atoms with Crippen LogP contribution in [-0.2, 0) is 6.54 Å². The van der Waals surface area contributed by atoms with Crippen molar-refractivity contribution in [3.8, 4) is 11.3 Å². The summed E-state index contributed by atoms with van der Waals surface area (Å²) in [5, 5.41) is 5.33. The van der Waals surface area contributed by atoms with Crippen LogP contribution in [0.15, 0.2) is 47.5 Å². The van der Waals surface area contributed by atoms with Crippen LogP contribution in [0.3, 0.4) is 0 Å². The maximum atomic E-state index is 13.4. The summed E-state index contributed by atoms with van der Waals surface area (Å²) in [4.78, 5) is 16.3. The van der Waals surface area contributed by atoms with E-state index in [4.69, 9.17) is 0 Å². The third-order valence-corrected chi connectivity index (χ3v) is 3.16. The maximum absolute atomic E-state index is 13.4. The zero-order chi connectivity index (χ0) is 14.1. The smallest absolute Gasteiger partial charge is 0.267 e. The van der Waals surface area contributed by atoms with Gasteiger partial charge in [0.1, 0.15) is 11.5 Å². The van der Waals surface area contributed by atoms with Gasteiger partial charge in [-0.2, -0.15) is 5.10 Å². The van der Waals surface area contributed by atoms with Gasteiger partial charge in [0.05, 0.1) is 5.39 Å². The van der Waals surface area contributed by atoms with Crippen molar-refractivity contribution < 1.29 is 4.39 Å². The minimum absolute atomic E-state index is 0.283. The minimum Gasteiger partial charge on any atom is -0.267 e. The molecule has 4 nitrogen and oxygen atoms in total. The summed E-state index contributed by atoms with van der Waals surface area (Å²) in [5.41, 5.74) is 1.15. The van der Waals surface area contributed by atoms with Gasteiger partial charge in [-0.3, -0.25) is 9.78 Å². The molecule has 0 bridgehead atoms. The number of halogens is 1. The monoisotopic (exact) mass is 269 g/mol. The molecular formula is C15H12FN3O. The number of hydrogen-bond donors (Lipinski definition) is 0. The molecule has 0 N–H and O–H groups in total. The lowest BCUT2D eigenvalue weighted by Crippen LogP contribution is -2.23. The summed E-state index contributed by atoms with van der Waals surface area (Å²) in [6.45, 7) is 2.26. The number of aromatic nitrogens is 3. The lowest BCUT2D eigenvalue weighted by molar-refractivity contribution is 0.619. The SMILES string of the molecule is CCn1nc(-c2cccnc2)c2ccc(F)cc2c1=O. The van der Waals surface area contributed by atoms with Crippen LogP contribution in [0.4, 0.5) is 4.39 Å². The van der Waals surface area contributed by atoms with E-state index < -0.39 is 5.82 Å². The second-order valence-corrected chi connectivity index (χ2v) is 4.40. The summed E-state index contributed by atoms with van der Waals surface area (Å²) in [5.74, 6) is -0.430. The van der Waals surface area contributed by atoms with E-state index in [-0.39, 0.29) is 5.56 Å². The zero-order valence-corrected chi connectivity index (χ0v) is 10.9. The van der Waals surface area contributed by atoms with Gasteiger partial charge in [0.15, 0.2) is 0 Å². The Bertz CT molecular complexity index is 828. The molecule has 2 heterocycles. The number of fused-ring (bicyclic) bond motifs is 1. The molecule has 0 amide bonds. The predicted octanol–water partition coefficient (Wildman–Crippen LogP) is 2.62. The van der Waals surface area contributed by atoms with Gasteiger partial charge < -0.3 is 0 Å². The summed E-state index contributed by atoms with van der Waals surface area (Å²) in [7, 11) is 0. The Labute approximate surface area is 114 Å². The molecule has 1 aromatic carbocycles. The Morgan fingerprint density at radius 2 is 2.10 bits per heavy atom. The molecule has 0 spiro atoms. The van der Waals surface area contributed by atoms with Crippen molar-refractivity contribution >= 4 is 10.8 Å². The fourth-order valence-electron chi connectivity index (χ4n) is 2.19. The van der Waals surface area contributed by atoms with E-state index in [0.717, 1.165) is 5.56 Å². The van der Waals surface area contributed by atoms with Crippen molar-refractivity contribution in [1.82, 2.24) is 14.8 Å². The van der Waals surface area contributed by atoms with E-state index in [1.54, 1.807) is 24.5 Å². The molecule has 0 aliphatic carbocycles. The van der Waals surface area contributed by atoms with Gasteiger partial charge >= 0.3 is 0 Å². The number of benzene rings is 1. The molecule has 0 aliphatic heterocycles. The van der Waals surface area contributed by atoms with E-state index >= 15 is 0 Å². The first-order valence-corrected chi connectivity index (χ1v) is 6.31. The van der Waals surface area contributed by atoms with E-state index in [0.29, 0.717) is 23.0 Å². The average Bonchev–Trinajstić information content (AvgIpc) is 2.49. The normalized spacial score (nSPS) is 10.9. The number of aryl methyl sites for hydroxylation is 1. The highest BCUT2D eigenvalue weighted by Gasteiger charge is 2.12. The van der Waals surface area contributed by atoms with Crippen LogP contribution in [-0.4, -0.2) is 14.8 Å². The Balaban J connectivity index is 2.43. The van der Waals surface area contributed by atoms with Crippen LogP contribution < -0.4 is 5.56 Å². The van der Waals surface area contributed by atoms with E-state index in [9.17, 15) is 9.18 Å². The van der Waals surface area contributed by atoms with Gasteiger partial charge in [-0.1, -0.05) is 0 Å². The van der Waals surface area contributed by atoms with Gasteiger partial charge in [0, 0.05) is 29.9 Å². The minimum atomic E-state index is -0.430. The Morgan fingerprint density at radius 1 is 1.25 bits per heavy atom. The maximum Gasteiger partial charge on any atom is 0.274 e. The van der Waals surface area contributed by atoms with Gasteiger partial charge in [0.25, 0.3) is 5.56 Å². The second kappa shape index (κ2) is 4.85. The first-order valence-electron chi connectivity index (χ1n) is 6.31. The molecular weight excluding hydrogens is 257 g/mol. The fourth-order valence-corrected chi connectivity index (χ4v) is 2.19. The van der Waals surface area contributed by atoms with Crippen molar-refractivity contribution in [1.29, 1.82) is 0 Å². The standard InChI is InChI=1S/C15H12FN3O/c1-2-19-15(20)13-8-11(16)5-6-12(13)14(18-19)10-4-3-7-17-9-10/h3-9H,2H2,1H3. The van der Waals surface area contributed by atoms with Crippen molar-refractivity contribution in [2.75, 3.05) is 0 Å². The average molecular weight is 269 g/mol. The van der Waals surface area contributed by atoms with Gasteiger partial charge in [-0.15, -0.1) is 0 Å². The van der Waals surface area contributed by atoms with Gasteiger partial charge in [-0.25, -0.2) is 9.07 Å². The quantitative estimate of drug-likeness (QED) is 0.718. The second-order valence-electron chi connectivity index (χ2n) is 4.40. The van der Waals surface area contributed by atoms with Gasteiger partial charge in [0.2, 0.25) is 0 Å². The molecule has 0 saturated heterocycles. The topological polar surface area (TPSA) is 47.8 Å². The summed E-state index contributed by atoms with van der Waals surface area (Å²) >= 11 is 0. The molecule has 100 valence electrons. The third kappa shape index (κ3) is 1.97. The van der Waals surface area contributed by atoms with Crippen molar-refractivity contribution in [3.63, 3.8) is 0 Å². The van der Waals surface area contributed by atoms with Crippen molar-refractivity contribution in [2.45, 2.75) is 13.5 Å². The van der Waals surface area contributed by atoms with E-state index in [1.807, 2.05) is 13.0 Å². The molecule has 0 aliphatic rings. The molecule has 0 saturated carbocycles. The molecule has 3 rings (SSSR count). The molecule has 5 heteroatoms. The predicted molar refractivity (Wildman–Crippen MR) is 74.9 cm³/mol. The Morgan fingerprint density at radius 3 is 2.80 bits per heavy atom. The van der Waals surface area contributed by atoms with Crippen LogP contribution in [0.5, 0.6) is 0 Å². The summed E-state index contributed by atoms with van der Waals surface area (Å²) < 4.78 is 14.7. The van der Waals surface area contributed by atoms with Crippen LogP contribution in [0, 0.1) is 5.82 Å². The highest BCUT2D eigenvalue weighted by molar-refractivity contribution is 5.93. The summed E-state index contributed by atoms with van der Waals surface area (Å²) in [6.07, 6.45) is 3.34. The number of rotatable bonds is 2. The van der Waals surface area contributed by atoms with Crippen molar-refractivity contribution in [3.05, 3.63) is 58.9 Å². The van der Waals surface area contributed by atoms with Crippen LogP contribution in [0.25, 0.3) is 22.0 Å². The Hall–Kier alpha value is -2.56. The molecule has 0 radical (unpaired) electrons. The van der Waals surface area contributed by atoms with E-state index in [2.05, 4.69) is 10.1 Å². The van der Waals surface area contributed by atoms with Gasteiger partial charge in [-0.05, 0) is 37.3 Å². The molecule has 3 aromatic rings. The third-order valence-electron chi connectivity index (χ3n) is 3.16. The first-order chi connectivity index (χ1) is 9.70. The lowest BCUT2D eigenvalue weighted by Gasteiger charge is -2.09. The zero-order valence-electron chi connectivity index (χ0n) is 10.9. The van der Waals surface area contributed by atoms with E-state index in [1.165, 1.54) is 16.8 Å². The number of nitrogens with zero attached hydrogens (tertiary/aromatic N) is 3. The first kappa shape index (κ1) is 12.5. The van der Waals surface area contributed by atoms with Crippen LogP contribution >= 0.6 is 0 Å². The van der Waals surface area contributed by atoms with Crippen molar-refractivity contribution in [2.24, 2.45) is 0 Å². The highest BCUT2D eigenvalue weighted by Crippen LogP contribution is 2.24. The molecule has 0 atom stereocenters. The molecule has 2 aromatic heterocycles. The largest absolute Gasteiger partial charge is 0.274 e. The number of pyridine rings is 1. The lowest BCUT2D eigenvalue weighted by atomic mass is 10.1. The molecule has 0 fully saturated rings. The summed E-state index contributed by atoms with van der Waals surface area (Å²) in [6, 6.07) is 7.84. The highest BCUT2D eigenvalue weighted by atomic mass is 19.1. The van der Waals surface area contributed by atoms with Crippen LogP contribution in [0.1, 0.15) is 6.92 Å². The Kier molecular flexibility index (Phi) is 3.02. The number of hydrogen-bond acceptors (Lipinski definition) is 3. The van der Waals surface area contributed by atoms with Crippen LogP contribution in [0.2, 0.25) is 0 Å². The molecule has 20 heavy (non-hydrogen) atoms. The fraction of sp³-hybridized carbons (Fsp3) is 0.133.